The number of nitrogens with two attached hydrogens (primary N) is 3. The summed E-state index contributed by atoms with van der Waals surface area (Å²) >= 11 is 2.83. The number of carbonyl (C=O) groups excluding carboxylic acids is 16. The molecular weight excluding hydrogens is 1460 g/mol. The lowest BCUT2D eigenvalue weighted by Gasteiger charge is -2.33. The Bertz CT molecular complexity index is 3710. The number of hydrogen-bond acceptors (Lipinski definition) is 22. The monoisotopic (exact) mass is 1580 g/mol. The Morgan fingerprint density at radius 2 is 1.13 bits per heavy atom. The molecule has 2 heterocycles. The summed E-state index contributed by atoms with van der Waals surface area (Å²) in [5, 5.41) is 40.3. The molecule has 0 radical (unpaired) electrons. The van der Waals surface area contributed by atoms with Crippen molar-refractivity contribution in [2.24, 2.45) is 40.4 Å². The number of H-pyrrole nitrogens is 1. The lowest BCUT2D eigenvalue weighted by Crippen LogP contribution is -2.63. The molecule has 1 aromatic heterocycles. The predicted molar refractivity (Wildman–Crippen MR) is 420 cm³/mol. The summed E-state index contributed by atoms with van der Waals surface area (Å²) in [5.74, 6) is -13.5. The van der Waals surface area contributed by atoms with Gasteiger partial charge in [0.25, 0.3) is 0 Å². The van der Waals surface area contributed by atoms with E-state index in [0.717, 1.165) is 25.7 Å². The maximum atomic E-state index is 14.8. The van der Waals surface area contributed by atoms with Crippen molar-refractivity contribution in [2.75, 3.05) is 43.1 Å². The van der Waals surface area contributed by atoms with Crippen molar-refractivity contribution in [2.45, 2.75) is 227 Å². The first-order chi connectivity index (χ1) is 51.7. The zero-order chi connectivity index (χ0) is 82.9. The maximum Gasteiger partial charge on any atom is 0.246 e. The van der Waals surface area contributed by atoms with Gasteiger partial charge in [0.05, 0.1) is 35.5 Å². The molecular formula is C76H117N15O17S2. The number of phenols is 1. The normalized spacial score (nSPS) is 23.4. The molecule has 110 heavy (non-hydrogen) atoms. The van der Waals surface area contributed by atoms with Crippen LogP contribution in [0.15, 0.2) is 54.7 Å². The number of nitrogens with one attached hydrogen (secondary N) is 12. The number of amides is 11. The Morgan fingerprint density at radius 1 is 0.600 bits per heavy atom. The Labute approximate surface area is 652 Å². The number of aromatic amines is 1. The van der Waals surface area contributed by atoms with Crippen molar-refractivity contribution in [1.82, 2.24) is 63.5 Å². The molecule has 19 N–H and O–H groups in total. The van der Waals surface area contributed by atoms with E-state index in [4.69, 9.17) is 11.5 Å². The molecule has 11 amide bonds. The van der Waals surface area contributed by atoms with E-state index < -0.39 is 178 Å². The lowest BCUT2D eigenvalue weighted by atomic mass is 9.86. The van der Waals surface area contributed by atoms with Gasteiger partial charge in [0.1, 0.15) is 53.3 Å². The summed E-state index contributed by atoms with van der Waals surface area (Å²) in [6.07, 6.45) is 4.37. The van der Waals surface area contributed by atoms with Gasteiger partial charge in [0.2, 0.25) is 88.1 Å². The van der Waals surface area contributed by atoms with Crippen molar-refractivity contribution in [3.05, 3.63) is 65.9 Å². The fraction of sp³-hybridized carbons (Fsp3) is 0.605. The Hall–Kier alpha value is -9.12. The summed E-state index contributed by atoms with van der Waals surface area (Å²) < 4.78 is 0. The number of para-hydroxylation sites is 1. The minimum Gasteiger partial charge on any atom is -0.508 e. The number of carbonyl (C=O) groups is 16. The van der Waals surface area contributed by atoms with Crippen molar-refractivity contribution >= 4 is 128 Å². The van der Waals surface area contributed by atoms with E-state index in [1.165, 1.54) is 117 Å². The molecule has 2 aromatic carbocycles. The molecule has 610 valence electrons. The smallest absolute Gasteiger partial charge is 0.246 e. The maximum absolute atomic E-state index is 14.8. The van der Waals surface area contributed by atoms with E-state index in [9.17, 15) is 81.8 Å². The third-order valence-electron chi connectivity index (χ3n) is 18.5. The van der Waals surface area contributed by atoms with E-state index in [1.54, 1.807) is 44.3 Å². The van der Waals surface area contributed by atoms with E-state index >= 15 is 0 Å². The summed E-state index contributed by atoms with van der Waals surface area (Å²) in [6, 6.07) is -0.541. The number of phenolic OH excluding ortho intramolecular Hbond substituents is 1. The molecule has 3 aromatic rings. The molecule has 0 spiro atoms. The van der Waals surface area contributed by atoms with Crippen molar-refractivity contribution in [3.8, 4) is 5.75 Å². The van der Waals surface area contributed by atoms with Crippen LogP contribution in [0.5, 0.6) is 5.75 Å². The van der Waals surface area contributed by atoms with Crippen LogP contribution in [0.3, 0.4) is 0 Å². The van der Waals surface area contributed by atoms with Gasteiger partial charge in [-0.25, -0.2) is 0 Å². The van der Waals surface area contributed by atoms with Gasteiger partial charge in [0, 0.05) is 73.3 Å². The number of benzene rings is 2. The molecule has 32 nitrogen and oxygen atoms in total. The number of fused-ring (bicyclic) bond motifs is 1. The second kappa shape index (κ2) is 46.5. The highest BCUT2D eigenvalue weighted by Gasteiger charge is 2.42. The molecule has 0 bridgehead atoms. The highest BCUT2D eigenvalue weighted by Crippen LogP contribution is 2.29. The molecule has 14 atom stereocenters. The fourth-order valence-electron chi connectivity index (χ4n) is 11.7. The Balaban J connectivity index is 0.0000155. The van der Waals surface area contributed by atoms with Crippen LogP contribution in [0.2, 0.25) is 0 Å². The lowest BCUT2D eigenvalue weighted by molar-refractivity contribution is -0.140. The summed E-state index contributed by atoms with van der Waals surface area (Å²) in [7, 11) is 1.50. The molecule has 1 fully saturated rings. The summed E-state index contributed by atoms with van der Waals surface area (Å²) in [6.45, 7) is 18.8. The molecule has 1 saturated heterocycles. The van der Waals surface area contributed by atoms with E-state index in [2.05, 4.69) is 69.2 Å². The van der Waals surface area contributed by atoms with Gasteiger partial charge >= 0.3 is 0 Å². The Morgan fingerprint density at radius 3 is 1.70 bits per heavy atom. The van der Waals surface area contributed by atoms with Gasteiger partial charge in [-0.15, -0.1) is 0 Å². The number of ketones is 5. The standard InChI is InChI=1S/C75H112N14O17S2.CH5N/c1-40(2)31-52-37-80-56(27-28-59(76)92)63(96)62(95)45(7)82-70(103)58(33-51-36-79-55-22-18-17-21-54(51)55)88-71(104)57(32-50-23-25-53(91)26-24-50)87-68(101)49(11)85-72(105)74(12,34-42(4)90)38-107-29-19-15-14-16-20-30-108-39-75(13,89-69(52)102)73(106)86-48(10)67(100)84-47(9)66(99)83-46(8)65(98)81-44(6)61(94)60(93)43(5)78-35-41(3)64(77)97;1-2/h17-18,21-26,36,40-41,43-49,52,56-58,78-80,91H,14-16,19-20,27-35,37-39H2,1-13H3,(H2,76,92)(H2,77,97)(H,81,98)(H,82,103)(H,83,99)(H,84,100)(H,85,105)(H,86,106)(H,87,101)(H,88,104)(H,89,102);2H2,1H3/t41-,43-,44-,45?,46?,47-,48?,49?,52+,56-,57-,58-,74+,75-;/m0./s1. The van der Waals surface area contributed by atoms with E-state index in [-0.39, 0.29) is 74.1 Å². The third kappa shape index (κ3) is 31.3. The Kier molecular flexibility index (Phi) is 40.2. The highest BCUT2D eigenvalue weighted by atomic mass is 32.2. The summed E-state index contributed by atoms with van der Waals surface area (Å²) in [4.78, 5) is 222. The second-order valence-electron chi connectivity index (χ2n) is 29.2. The minimum atomic E-state index is -1.75. The average molecular weight is 1580 g/mol. The van der Waals surface area contributed by atoms with Gasteiger partial charge in [-0.2, -0.15) is 23.5 Å². The number of primary amides is 2. The number of aromatic hydroxyl groups is 1. The highest BCUT2D eigenvalue weighted by molar-refractivity contribution is 7.99. The third-order valence-corrected chi connectivity index (χ3v) is 21.3. The number of aromatic nitrogens is 1. The van der Waals surface area contributed by atoms with Gasteiger partial charge in [-0.05, 0) is 149 Å². The van der Waals surface area contributed by atoms with Crippen LogP contribution in [0.25, 0.3) is 10.9 Å². The second-order valence-corrected chi connectivity index (χ2v) is 31.4. The van der Waals surface area contributed by atoms with Crippen molar-refractivity contribution < 1.29 is 81.8 Å². The zero-order valence-electron chi connectivity index (χ0n) is 65.8. The van der Waals surface area contributed by atoms with Crippen molar-refractivity contribution in [3.63, 3.8) is 0 Å². The molecule has 0 aliphatic carbocycles. The molecule has 0 saturated carbocycles. The number of thioether (sulfide) groups is 2. The van der Waals surface area contributed by atoms with Crippen LogP contribution in [-0.2, 0) is 89.6 Å². The molecule has 1 aliphatic heterocycles. The largest absolute Gasteiger partial charge is 0.508 e. The molecule has 4 rings (SSSR count). The molecule has 1 aliphatic rings. The number of hydrogen-bond donors (Lipinski definition) is 16. The van der Waals surface area contributed by atoms with Crippen LogP contribution in [0.4, 0.5) is 0 Å². The topological polar surface area (TPSA) is 520 Å². The minimum absolute atomic E-state index is 0.0233. The first-order valence-corrected chi connectivity index (χ1v) is 39.5. The molecule has 4 unspecified atom stereocenters. The molecule has 34 heteroatoms. The van der Waals surface area contributed by atoms with Gasteiger partial charge in [-0.3, -0.25) is 76.7 Å². The van der Waals surface area contributed by atoms with Gasteiger partial charge in [-0.1, -0.05) is 70.4 Å². The first-order valence-electron chi connectivity index (χ1n) is 37.2. The van der Waals surface area contributed by atoms with Crippen LogP contribution >= 0.6 is 23.5 Å². The average Bonchev–Trinajstić information content (AvgIpc) is 0.979. The fourth-order valence-corrected chi connectivity index (χ4v) is 14.1. The SMILES string of the molecule is CC(=O)C[C@]1(C)CSCCCCCCCSC[C@@](C)(C(=O)NC(C)C(=O)N[C@@H](C)C(=O)NC(C)C(=O)N[C@@H](C)C(=O)C(=O)[C@H](C)NC[C@H](C)C(N)=O)NC(=O)[C@H](CC(C)C)CN[C@@H](CCC(N)=O)C(=O)C(=O)C(C)NC(=O)[C@H](Cc2c[nH]c3ccccc23)NC(=O)[C@H](Cc2ccc(O)cc2)NC(=O)C(C)NC1=O.CN. The van der Waals surface area contributed by atoms with Gasteiger partial charge < -0.3 is 85.8 Å². The quantitative estimate of drug-likeness (QED) is 0.0494. The van der Waals surface area contributed by atoms with Crippen LogP contribution in [-0.4, -0.2) is 213 Å². The predicted octanol–water partition coefficient (Wildman–Crippen LogP) is 0.784. The zero-order valence-corrected chi connectivity index (χ0v) is 67.4. The van der Waals surface area contributed by atoms with Crippen molar-refractivity contribution in [1.29, 1.82) is 0 Å². The van der Waals surface area contributed by atoms with Crippen LogP contribution in [0, 0.1) is 23.2 Å². The van der Waals surface area contributed by atoms with Gasteiger partial charge in [0.15, 0.2) is 0 Å². The number of Topliss-reactive ketones (excluding diaryl/α,β-unsaturated/α-hetero) is 5. The van der Waals surface area contributed by atoms with E-state index in [1.807, 2.05) is 13.8 Å². The van der Waals surface area contributed by atoms with E-state index in [0.29, 0.717) is 40.0 Å². The van der Waals surface area contributed by atoms with Crippen LogP contribution < -0.4 is 75.7 Å². The number of rotatable bonds is 26. The summed E-state index contributed by atoms with van der Waals surface area (Å²) in [5.41, 5.74) is 14.1. The first kappa shape index (κ1) is 95.1. The van der Waals surface area contributed by atoms with Crippen LogP contribution in [0.1, 0.15) is 159 Å².